The lowest BCUT2D eigenvalue weighted by molar-refractivity contribution is 0.0377. The van der Waals surface area contributed by atoms with Crippen LogP contribution in [0.3, 0.4) is 0 Å². The molecule has 0 saturated carbocycles. The molecule has 2 aromatic rings. The smallest absolute Gasteiger partial charge is 0.338 e. The monoisotopic (exact) mass is 318 g/mol. The van der Waals surface area contributed by atoms with E-state index in [2.05, 4.69) is 0 Å². The molecule has 0 aliphatic carbocycles. The number of hydrogen-bond donors (Lipinski definition) is 0. The van der Waals surface area contributed by atoms with Gasteiger partial charge < -0.3 is 14.2 Å². The van der Waals surface area contributed by atoms with Crippen molar-refractivity contribution in [2.75, 3.05) is 7.11 Å². The summed E-state index contributed by atoms with van der Waals surface area (Å²) in [5.41, 5.74) is 0.812. The van der Waals surface area contributed by atoms with Gasteiger partial charge in [0.15, 0.2) is 11.5 Å². The van der Waals surface area contributed by atoms with Crippen molar-refractivity contribution in [3.8, 4) is 11.5 Å². The summed E-state index contributed by atoms with van der Waals surface area (Å²) in [6, 6.07) is 11.1. The number of carbonyl (C=O) groups is 1. The van der Waals surface area contributed by atoms with Crippen molar-refractivity contribution < 1.29 is 23.4 Å². The summed E-state index contributed by atoms with van der Waals surface area (Å²) in [4.78, 5) is 11.9. The van der Waals surface area contributed by atoms with E-state index in [4.69, 9.17) is 14.2 Å². The molecule has 0 amide bonds. The van der Waals surface area contributed by atoms with Crippen LogP contribution in [0.25, 0.3) is 0 Å². The summed E-state index contributed by atoms with van der Waals surface area (Å²) < 4.78 is 29.6. The number of halogens is 1. The third-order valence-electron chi connectivity index (χ3n) is 3.08. The van der Waals surface area contributed by atoms with Gasteiger partial charge in [-0.25, -0.2) is 9.18 Å². The third-order valence-corrected chi connectivity index (χ3v) is 3.08. The number of ether oxygens (including phenoxy) is 3. The highest BCUT2D eigenvalue weighted by Gasteiger charge is 2.14. The fraction of sp³-hybridized carbons (Fsp3) is 0.278. The van der Waals surface area contributed by atoms with Crippen LogP contribution in [0, 0.1) is 5.82 Å². The van der Waals surface area contributed by atoms with Gasteiger partial charge >= 0.3 is 5.97 Å². The van der Waals surface area contributed by atoms with E-state index in [1.54, 1.807) is 50.2 Å². The molecule has 0 aliphatic heterocycles. The van der Waals surface area contributed by atoms with Gasteiger partial charge in [0.25, 0.3) is 0 Å². The van der Waals surface area contributed by atoms with E-state index in [-0.39, 0.29) is 18.5 Å². The van der Waals surface area contributed by atoms with Crippen LogP contribution in [0.2, 0.25) is 0 Å². The highest BCUT2D eigenvalue weighted by Crippen LogP contribution is 2.29. The van der Waals surface area contributed by atoms with Crippen LogP contribution in [0.5, 0.6) is 11.5 Å². The molecule has 0 heterocycles. The van der Waals surface area contributed by atoms with E-state index < -0.39 is 5.97 Å². The molecule has 0 radical (unpaired) electrons. The van der Waals surface area contributed by atoms with Gasteiger partial charge in [-0.05, 0) is 38.1 Å². The lowest BCUT2D eigenvalue weighted by Gasteiger charge is -2.13. The van der Waals surface area contributed by atoms with E-state index in [9.17, 15) is 9.18 Å². The molecule has 0 spiro atoms. The standard InChI is InChI=1S/C18H19FO4/c1-12(2)23-18(20)13-8-9-16(17(10-13)21-3)22-11-14-6-4-5-7-15(14)19/h4-10,12H,11H2,1-3H3. The average Bonchev–Trinajstić information content (AvgIpc) is 2.53. The second-order valence-corrected chi connectivity index (χ2v) is 5.20. The Morgan fingerprint density at radius 3 is 2.52 bits per heavy atom. The first-order chi connectivity index (χ1) is 11.0. The Labute approximate surface area is 134 Å². The second-order valence-electron chi connectivity index (χ2n) is 5.20. The van der Waals surface area contributed by atoms with Gasteiger partial charge in [-0.2, -0.15) is 0 Å². The minimum atomic E-state index is -0.432. The van der Waals surface area contributed by atoms with Crippen molar-refractivity contribution in [3.63, 3.8) is 0 Å². The van der Waals surface area contributed by atoms with Crippen molar-refractivity contribution in [1.82, 2.24) is 0 Å². The normalized spacial score (nSPS) is 10.5. The van der Waals surface area contributed by atoms with Gasteiger partial charge in [-0.3, -0.25) is 0 Å². The molecule has 0 saturated heterocycles. The Bertz CT molecular complexity index is 682. The Hall–Kier alpha value is -2.56. The van der Waals surface area contributed by atoms with Crippen LogP contribution >= 0.6 is 0 Å². The van der Waals surface area contributed by atoms with Crippen LogP contribution in [-0.2, 0) is 11.3 Å². The molecule has 2 rings (SSSR count). The van der Waals surface area contributed by atoms with Crippen LogP contribution in [-0.4, -0.2) is 19.2 Å². The average molecular weight is 318 g/mol. The van der Waals surface area contributed by atoms with Crippen molar-refractivity contribution in [1.29, 1.82) is 0 Å². The van der Waals surface area contributed by atoms with Crippen LogP contribution in [0.4, 0.5) is 4.39 Å². The van der Waals surface area contributed by atoms with Crippen molar-refractivity contribution >= 4 is 5.97 Å². The zero-order chi connectivity index (χ0) is 16.8. The maximum absolute atomic E-state index is 13.6. The van der Waals surface area contributed by atoms with Gasteiger partial charge in [0.05, 0.1) is 18.8 Å². The molecule has 4 nitrogen and oxygen atoms in total. The summed E-state index contributed by atoms with van der Waals surface area (Å²) in [7, 11) is 1.48. The highest BCUT2D eigenvalue weighted by molar-refractivity contribution is 5.90. The van der Waals surface area contributed by atoms with Gasteiger partial charge in [0.2, 0.25) is 0 Å². The zero-order valence-corrected chi connectivity index (χ0v) is 13.3. The molecule has 0 atom stereocenters. The summed E-state index contributed by atoms with van der Waals surface area (Å²) in [6.07, 6.45) is -0.203. The summed E-state index contributed by atoms with van der Waals surface area (Å²) in [6.45, 7) is 3.63. The molecule has 5 heteroatoms. The fourth-order valence-corrected chi connectivity index (χ4v) is 1.97. The van der Waals surface area contributed by atoms with Crippen molar-refractivity contribution in [2.45, 2.75) is 26.6 Å². The maximum Gasteiger partial charge on any atom is 0.338 e. The largest absolute Gasteiger partial charge is 0.493 e. The predicted molar refractivity (Wildman–Crippen MR) is 84.3 cm³/mol. The predicted octanol–water partition coefficient (Wildman–Crippen LogP) is 3.98. The number of rotatable bonds is 6. The molecule has 122 valence electrons. The molecular weight excluding hydrogens is 299 g/mol. The first kappa shape index (κ1) is 16.8. The number of esters is 1. The second kappa shape index (κ2) is 7.63. The number of benzene rings is 2. The van der Waals surface area contributed by atoms with E-state index in [0.717, 1.165) is 0 Å². The number of hydrogen-bond acceptors (Lipinski definition) is 4. The Kier molecular flexibility index (Phi) is 5.57. The summed E-state index contributed by atoms with van der Waals surface area (Å²) in [5, 5.41) is 0. The molecule has 0 aliphatic rings. The first-order valence-electron chi connectivity index (χ1n) is 7.26. The van der Waals surface area contributed by atoms with Gasteiger partial charge in [0, 0.05) is 5.56 Å². The number of methoxy groups -OCH3 is 1. The van der Waals surface area contributed by atoms with Crippen molar-refractivity contribution in [2.24, 2.45) is 0 Å². The van der Waals surface area contributed by atoms with Crippen LogP contribution < -0.4 is 9.47 Å². The molecule has 0 aromatic heterocycles. The number of carbonyl (C=O) groups excluding carboxylic acids is 1. The van der Waals surface area contributed by atoms with Crippen LogP contribution in [0.1, 0.15) is 29.8 Å². The Morgan fingerprint density at radius 2 is 1.87 bits per heavy atom. The zero-order valence-electron chi connectivity index (χ0n) is 13.3. The minimum Gasteiger partial charge on any atom is -0.493 e. The summed E-state index contributed by atoms with van der Waals surface area (Å²) >= 11 is 0. The first-order valence-corrected chi connectivity index (χ1v) is 7.26. The minimum absolute atomic E-state index is 0.0683. The Morgan fingerprint density at radius 1 is 1.13 bits per heavy atom. The van der Waals surface area contributed by atoms with E-state index in [1.165, 1.54) is 13.2 Å². The molecule has 0 unspecified atom stereocenters. The van der Waals surface area contributed by atoms with Crippen LogP contribution in [0.15, 0.2) is 42.5 Å². The third kappa shape index (κ3) is 4.45. The quantitative estimate of drug-likeness (QED) is 0.756. The molecule has 2 aromatic carbocycles. The van der Waals surface area contributed by atoms with E-state index >= 15 is 0 Å². The molecule has 0 N–H and O–H groups in total. The highest BCUT2D eigenvalue weighted by atomic mass is 19.1. The van der Waals surface area contributed by atoms with Gasteiger partial charge in [-0.1, -0.05) is 18.2 Å². The van der Waals surface area contributed by atoms with Gasteiger partial charge in [0.1, 0.15) is 12.4 Å². The van der Waals surface area contributed by atoms with E-state index in [0.29, 0.717) is 22.6 Å². The van der Waals surface area contributed by atoms with Gasteiger partial charge in [-0.15, -0.1) is 0 Å². The van der Waals surface area contributed by atoms with E-state index in [1.807, 2.05) is 0 Å². The maximum atomic E-state index is 13.6. The lowest BCUT2D eigenvalue weighted by atomic mass is 10.2. The lowest BCUT2D eigenvalue weighted by Crippen LogP contribution is -2.11. The molecule has 0 fully saturated rings. The molecular formula is C18H19FO4. The topological polar surface area (TPSA) is 44.8 Å². The SMILES string of the molecule is COc1cc(C(=O)OC(C)C)ccc1OCc1ccccc1F. The Balaban J connectivity index is 2.13. The summed E-state index contributed by atoms with van der Waals surface area (Å²) in [5.74, 6) is 0.0546. The fourth-order valence-electron chi connectivity index (χ4n) is 1.97. The van der Waals surface area contributed by atoms with Crippen molar-refractivity contribution in [3.05, 3.63) is 59.4 Å². The molecule has 0 bridgehead atoms. The molecule has 23 heavy (non-hydrogen) atoms.